The van der Waals surface area contributed by atoms with E-state index in [1.807, 2.05) is 0 Å². The van der Waals surface area contributed by atoms with E-state index in [0.29, 0.717) is 16.4 Å². The van der Waals surface area contributed by atoms with Crippen molar-refractivity contribution in [3.05, 3.63) is 29.6 Å². The number of nitrogens with zero attached hydrogens (tertiary/aromatic N) is 1. The molecular weight excluding hydrogens is 287 g/mol. The van der Waals surface area contributed by atoms with Crippen molar-refractivity contribution in [2.75, 3.05) is 13.6 Å². The highest BCUT2D eigenvalue weighted by Crippen LogP contribution is 2.20. The normalized spacial score (nSPS) is 11.8. The van der Waals surface area contributed by atoms with E-state index in [-0.39, 0.29) is 6.54 Å². The van der Waals surface area contributed by atoms with Gasteiger partial charge in [-0.25, -0.2) is 25.9 Å². The maximum absolute atomic E-state index is 13.0. The van der Waals surface area contributed by atoms with Gasteiger partial charge < -0.3 is 5.11 Å². The van der Waals surface area contributed by atoms with Crippen LogP contribution < -0.4 is 0 Å². The minimum Gasteiger partial charge on any atom is -0.481 e. The van der Waals surface area contributed by atoms with E-state index in [9.17, 15) is 26.4 Å². The Morgan fingerprint density at radius 2 is 1.74 bits per heavy atom. The Bertz CT molecular complexity index is 580. The van der Waals surface area contributed by atoms with E-state index >= 15 is 0 Å². The summed E-state index contributed by atoms with van der Waals surface area (Å²) in [4.78, 5) is 9.55. The topological polar surface area (TPSA) is 74.7 Å². The quantitative estimate of drug-likeness (QED) is 0.829. The molecule has 0 aromatic heterocycles. The second kappa shape index (κ2) is 5.57. The van der Waals surface area contributed by atoms with Crippen molar-refractivity contribution in [1.29, 1.82) is 0 Å². The number of halogens is 3. The van der Waals surface area contributed by atoms with Gasteiger partial charge in [-0.05, 0) is 12.1 Å². The van der Waals surface area contributed by atoms with Gasteiger partial charge in [0.1, 0.15) is 0 Å². The monoisotopic (exact) mass is 297 g/mol. The molecule has 1 rings (SSSR count). The Morgan fingerprint density at radius 3 is 2.16 bits per heavy atom. The molecule has 0 heterocycles. The summed E-state index contributed by atoms with van der Waals surface area (Å²) in [5.41, 5.74) is 0. The lowest BCUT2D eigenvalue weighted by Gasteiger charge is -2.16. The summed E-state index contributed by atoms with van der Waals surface area (Å²) < 4.78 is 62.9. The summed E-state index contributed by atoms with van der Waals surface area (Å²) in [6.07, 6.45) is -0.470. The zero-order valence-electron chi connectivity index (χ0n) is 9.73. The number of sulfonamides is 1. The number of carboxylic acids is 1. The van der Waals surface area contributed by atoms with Crippen LogP contribution in [0.1, 0.15) is 6.42 Å². The standard InChI is InChI=1S/C10H10F3NO4S/c1-14(3-2-9(15)16)19(17,18)6-4-7(11)10(13)8(12)5-6/h4-5H,2-3H2,1H3,(H,15,16). The van der Waals surface area contributed by atoms with Crippen molar-refractivity contribution in [3.8, 4) is 0 Å². The molecule has 0 bridgehead atoms. The van der Waals surface area contributed by atoms with Crippen molar-refractivity contribution in [3.63, 3.8) is 0 Å². The van der Waals surface area contributed by atoms with E-state index in [1.54, 1.807) is 0 Å². The molecule has 0 aliphatic heterocycles. The second-order valence-corrected chi connectivity index (χ2v) is 5.72. The Labute approximate surface area is 107 Å². The Kier molecular flexibility index (Phi) is 4.53. The van der Waals surface area contributed by atoms with Gasteiger partial charge in [0.25, 0.3) is 0 Å². The number of carboxylic acid groups (broad SMARTS) is 1. The summed E-state index contributed by atoms with van der Waals surface area (Å²) in [5.74, 6) is -6.26. The first-order valence-electron chi connectivity index (χ1n) is 4.99. The lowest BCUT2D eigenvalue weighted by Crippen LogP contribution is -2.29. The molecule has 0 aliphatic rings. The van der Waals surface area contributed by atoms with Gasteiger partial charge in [0.2, 0.25) is 10.0 Å². The van der Waals surface area contributed by atoms with Crippen LogP contribution in [0.3, 0.4) is 0 Å². The van der Waals surface area contributed by atoms with Crippen LogP contribution in [0.15, 0.2) is 17.0 Å². The molecule has 0 unspecified atom stereocenters. The molecule has 0 radical (unpaired) electrons. The number of carbonyl (C=O) groups is 1. The van der Waals surface area contributed by atoms with Gasteiger partial charge in [0.15, 0.2) is 17.5 Å². The second-order valence-electron chi connectivity index (χ2n) is 3.67. The van der Waals surface area contributed by atoms with Gasteiger partial charge in [0, 0.05) is 13.6 Å². The number of benzene rings is 1. The third-order valence-electron chi connectivity index (χ3n) is 2.31. The smallest absolute Gasteiger partial charge is 0.304 e. The Balaban J connectivity index is 3.10. The molecule has 1 aromatic carbocycles. The SMILES string of the molecule is CN(CCC(=O)O)S(=O)(=O)c1cc(F)c(F)c(F)c1. The fourth-order valence-corrected chi connectivity index (χ4v) is 2.43. The van der Waals surface area contributed by atoms with Gasteiger partial charge in [-0.2, -0.15) is 0 Å². The number of aliphatic carboxylic acids is 1. The van der Waals surface area contributed by atoms with Gasteiger partial charge >= 0.3 is 5.97 Å². The van der Waals surface area contributed by atoms with Crippen LogP contribution >= 0.6 is 0 Å². The summed E-state index contributed by atoms with van der Waals surface area (Å²) in [6.45, 7) is -0.377. The van der Waals surface area contributed by atoms with Gasteiger partial charge in [-0.3, -0.25) is 4.79 Å². The van der Waals surface area contributed by atoms with E-state index in [2.05, 4.69) is 0 Å². The summed E-state index contributed by atoms with van der Waals surface area (Å²) in [5, 5.41) is 8.43. The summed E-state index contributed by atoms with van der Waals surface area (Å²) in [6, 6.07) is 0.677. The molecule has 9 heteroatoms. The molecule has 0 fully saturated rings. The lowest BCUT2D eigenvalue weighted by molar-refractivity contribution is -0.137. The van der Waals surface area contributed by atoms with Crippen LogP contribution in [0, 0.1) is 17.5 Å². The number of rotatable bonds is 5. The van der Waals surface area contributed by atoms with Crippen molar-refractivity contribution >= 4 is 16.0 Å². The van der Waals surface area contributed by atoms with Crippen molar-refractivity contribution in [2.45, 2.75) is 11.3 Å². The van der Waals surface area contributed by atoms with Crippen LogP contribution in [0.5, 0.6) is 0 Å². The Hall–Kier alpha value is -1.61. The maximum atomic E-state index is 13.0. The van der Waals surface area contributed by atoms with Crippen LogP contribution in [0.2, 0.25) is 0 Å². The summed E-state index contributed by atoms with van der Waals surface area (Å²) >= 11 is 0. The maximum Gasteiger partial charge on any atom is 0.304 e. The molecule has 0 spiro atoms. The predicted octanol–water partition coefficient (Wildman–Crippen LogP) is 1.20. The largest absolute Gasteiger partial charge is 0.481 e. The average Bonchev–Trinajstić information content (AvgIpc) is 2.31. The highest BCUT2D eigenvalue weighted by atomic mass is 32.2. The zero-order valence-corrected chi connectivity index (χ0v) is 10.5. The Morgan fingerprint density at radius 1 is 1.26 bits per heavy atom. The van der Waals surface area contributed by atoms with Gasteiger partial charge in [0.05, 0.1) is 11.3 Å². The van der Waals surface area contributed by atoms with E-state index in [4.69, 9.17) is 5.11 Å². The molecule has 106 valence electrons. The average molecular weight is 297 g/mol. The zero-order chi connectivity index (χ0) is 14.8. The van der Waals surface area contributed by atoms with Gasteiger partial charge in [-0.1, -0.05) is 0 Å². The molecule has 5 nitrogen and oxygen atoms in total. The predicted molar refractivity (Wildman–Crippen MR) is 58.4 cm³/mol. The van der Waals surface area contributed by atoms with Gasteiger partial charge in [-0.15, -0.1) is 0 Å². The molecule has 0 aliphatic carbocycles. The molecular formula is C10H10F3NO4S. The minimum atomic E-state index is -4.27. The molecule has 1 N–H and O–H groups in total. The molecule has 0 atom stereocenters. The van der Waals surface area contributed by atoms with Crippen LogP contribution in [0.4, 0.5) is 13.2 Å². The lowest BCUT2D eigenvalue weighted by atomic mass is 10.3. The first-order valence-corrected chi connectivity index (χ1v) is 6.43. The first-order chi connectivity index (χ1) is 8.66. The third-order valence-corrected chi connectivity index (χ3v) is 4.14. The van der Waals surface area contributed by atoms with Crippen molar-refractivity contribution in [2.24, 2.45) is 0 Å². The fraction of sp³-hybridized carbons (Fsp3) is 0.300. The molecule has 0 amide bonds. The third kappa shape index (κ3) is 3.44. The van der Waals surface area contributed by atoms with Crippen LogP contribution in [-0.2, 0) is 14.8 Å². The minimum absolute atomic E-state index is 0.338. The summed E-state index contributed by atoms with van der Waals surface area (Å²) in [7, 11) is -3.22. The fourth-order valence-electron chi connectivity index (χ4n) is 1.23. The van der Waals surface area contributed by atoms with Crippen LogP contribution in [-0.4, -0.2) is 37.4 Å². The highest BCUT2D eigenvalue weighted by molar-refractivity contribution is 7.89. The van der Waals surface area contributed by atoms with Crippen LogP contribution in [0.25, 0.3) is 0 Å². The molecule has 19 heavy (non-hydrogen) atoms. The molecule has 0 saturated heterocycles. The molecule has 1 aromatic rings. The first kappa shape index (κ1) is 15.4. The van der Waals surface area contributed by atoms with E-state index < -0.39 is 44.8 Å². The van der Waals surface area contributed by atoms with E-state index in [1.165, 1.54) is 0 Å². The van der Waals surface area contributed by atoms with Crippen molar-refractivity contribution in [1.82, 2.24) is 4.31 Å². The number of hydrogen-bond acceptors (Lipinski definition) is 3. The highest BCUT2D eigenvalue weighted by Gasteiger charge is 2.24. The van der Waals surface area contributed by atoms with E-state index in [0.717, 1.165) is 7.05 Å². The number of hydrogen-bond donors (Lipinski definition) is 1. The molecule has 0 saturated carbocycles. The van der Waals surface area contributed by atoms with Crippen molar-refractivity contribution < 1.29 is 31.5 Å².